The summed E-state index contributed by atoms with van der Waals surface area (Å²) in [6.45, 7) is 1.27. The average molecular weight is 317 g/mol. The molecule has 3 rings (SSSR count). The summed E-state index contributed by atoms with van der Waals surface area (Å²) in [6.07, 6.45) is 3.32. The molecule has 3 heterocycles. The van der Waals surface area contributed by atoms with E-state index < -0.39 is 0 Å². The average Bonchev–Trinajstić information content (AvgIpc) is 2.95. The number of ether oxygens (including phenoxy) is 1. The second-order valence-corrected chi connectivity index (χ2v) is 5.45. The van der Waals surface area contributed by atoms with Crippen LogP contribution in [0.1, 0.15) is 35.1 Å². The summed E-state index contributed by atoms with van der Waals surface area (Å²) < 4.78 is 6.49. The third-order valence-electron chi connectivity index (χ3n) is 3.99. The molecular formula is C14H19N7O2. The lowest BCUT2D eigenvalue weighted by Gasteiger charge is -2.30. The second-order valence-electron chi connectivity index (χ2n) is 5.45. The number of rotatable bonds is 3. The van der Waals surface area contributed by atoms with Crippen molar-refractivity contribution >= 4 is 11.9 Å². The Labute approximate surface area is 133 Å². The molecule has 1 amide bonds. The zero-order valence-electron chi connectivity index (χ0n) is 13.1. The van der Waals surface area contributed by atoms with Crippen LogP contribution in [0.15, 0.2) is 12.3 Å². The molecule has 0 aromatic carbocycles. The van der Waals surface area contributed by atoms with Gasteiger partial charge in [-0.15, -0.1) is 5.10 Å². The fraction of sp³-hybridized carbons (Fsp3) is 0.500. The number of amides is 1. The first kappa shape index (κ1) is 15.2. The summed E-state index contributed by atoms with van der Waals surface area (Å²) in [5.74, 6) is 0.556. The molecule has 0 atom stereocenters. The zero-order chi connectivity index (χ0) is 16.4. The number of aromatic nitrogens is 5. The van der Waals surface area contributed by atoms with Gasteiger partial charge in [0.1, 0.15) is 0 Å². The number of methoxy groups -OCH3 is 1. The maximum absolute atomic E-state index is 12.5. The van der Waals surface area contributed by atoms with E-state index >= 15 is 0 Å². The van der Waals surface area contributed by atoms with Crippen LogP contribution in [0.3, 0.4) is 0 Å². The molecule has 1 fully saturated rings. The maximum atomic E-state index is 12.5. The number of hydrogen-bond donors (Lipinski definition) is 1. The molecular weight excluding hydrogens is 298 g/mol. The van der Waals surface area contributed by atoms with Gasteiger partial charge in [0.05, 0.1) is 7.11 Å². The van der Waals surface area contributed by atoms with Gasteiger partial charge in [-0.3, -0.25) is 4.79 Å². The Hall–Kier alpha value is -2.71. The van der Waals surface area contributed by atoms with Gasteiger partial charge in [-0.05, 0) is 18.9 Å². The number of nitrogen functional groups attached to an aromatic ring is 1. The molecule has 2 aromatic rings. The smallest absolute Gasteiger partial charge is 0.314 e. The van der Waals surface area contributed by atoms with E-state index in [1.165, 1.54) is 11.8 Å². The minimum absolute atomic E-state index is 0.161. The van der Waals surface area contributed by atoms with Crippen LogP contribution in [0.5, 0.6) is 6.01 Å². The molecule has 0 unspecified atom stereocenters. The van der Waals surface area contributed by atoms with Crippen molar-refractivity contribution in [2.45, 2.75) is 18.8 Å². The number of anilines is 1. The van der Waals surface area contributed by atoms with Crippen LogP contribution in [0.4, 0.5) is 5.95 Å². The van der Waals surface area contributed by atoms with E-state index in [-0.39, 0.29) is 23.6 Å². The SMILES string of the molecule is COc1nc(C(=O)N2CCC(c3ccnc(N)n3)CC2)nn1C. The lowest BCUT2D eigenvalue weighted by atomic mass is 9.93. The van der Waals surface area contributed by atoms with Crippen LogP contribution in [0.2, 0.25) is 0 Å². The van der Waals surface area contributed by atoms with Crippen molar-refractivity contribution in [2.24, 2.45) is 7.05 Å². The number of nitrogens with two attached hydrogens (primary N) is 1. The van der Waals surface area contributed by atoms with Gasteiger partial charge in [-0.1, -0.05) is 0 Å². The number of likely N-dealkylation sites (tertiary alicyclic amines) is 1. The van der Waals surface area contributed by atoms with Gasteiger partial charge >= 0.3 is 6.01 Å². The van der Waals surface area contributed by atoms with Crippen LogP contribution < -0.4 is 10.5 Å². The normalized spacial score (nSPS) is 15.7. The standard InChI is InChI=1S/C14H19N7O2/c1-20-14(23-2)18-11(19-20)12(22)21-7-4-9(5-8-21)10-3-6-16-13(15)17-10/h3,6,9H,4-5,7-8H2,1-2H3,(H2,15,16,17). The highest BCUT2D eigenvalue weighted by atomic mass is 16.5. The first-order valence-electron chi connectivity index (χ1n) is 7.41. The van der Waals surface area contributed by atoms with E-state index in [0.717, 1.165) is 18.5 Å². The topological polar surface area (TPSA) is 112 Å². The predicted molar refractivity (Wildman–Crippen MR) is 81.9 cm³/mol. The molecule has 2 aromatic heterocycles. The highest BCUT2D eigenvalue weighted by molar-refractivity contribution is 5.90. The Morgan fingerprint density at radius 1 is 1.35 bits per heavy atom. The zero-order valence-corrected chi connectivity index (χ0v) is 13.1. The summed E-state index contributed by atoms with van der Waals surface area (Å²) >= 11 is 0. The molecule has 9 nitrogen and oxygen atoms in total. The third-order valence-corrected chi connectivity index (χ3v) is 3.99. The van der Waals surface area contributed by atoms with Crippen molar-refractivity contribution in [3.05, 3.63) is 23.8 Å². The molecule has 122 valence electrons. The second kappa shape index (κ2) is 6.19. The molecule has 0 spiro atoms. The number of hydrogen-bond acceptors (Lipinski definition) is 7. The first-order valence-corrected chi connectivity index (χ1v) is 7.41. The molecule has 1 saturated heterocycles. The molecule has 2 N–H and O–H groups in total. The number of carbonyl (C=O) groups excluding carboxylic acids is 1. The number of nitrogens with zero attached hydrogens (tertiary/aromatic N) is 6. The molecule has 23 heavy (non-hydrogen) atoms. The van der Waals surface area contributed by atoms with Crippen LogP contribution in [0.25, 0.3) is 0 Å². The van der Waals surface area contributed by atoms with Gasteiger partial charge < -0.3 is 15.4 Å². The molecule has 0 saturated carbocycles. The Bertz CT molecular complexity index is 707. The van der Waals surface area contributed by atoms with Crippen molar-refractivity contribution in [2.75, 3.05) is 25.9 Å². The van der Waals surface area contributed by atoms with Gasteiger partial charge in [0.25, 0.3) is 5.91 Å². The van der Waals surface area contributed by atoms with Gasteiger partial charge in [0.15, 0.2) is 0 Å². The van der Waals surface area contributed by atoms with E-state index in [1.54, 1.807) is 18.1 Å². The minimum Gasteiger partial charge on any atom is -0.467 e. The van der Waals surface area contributed by atoms with Crippen LogP contribution in [-0.4, -0.2) is 55.7 Å². The fourth-order valence-electron chi connectivity index (χ4n) is 2.77. The summed E-state index contributed by atoms with van der Waals surface area (Å²) in [5.41, 5.74) is 6.56. The van der Waals surface area contributed by atoms with E-state index in [1.807, 2.05) is 6.07 Å². The summed E-state index contributed by atoms with van der Waals surface area (Å²) in [4.78, 5) is 26.5. The Morgan fingerprint density at radius 3 is 2.70 bits per heavy atom. The number of carbonyl (C=O) groups is 1. The Morgan fingerprint density at radius 2 is 2.09 bits per heavy atom. The molecule has 1 aliphatic rings. The minimum atomic E-state index is -0.176. The molecule has 0 radical (unpaired) electrons. The fourth-order valence-corrected chi connectivity index (χ4v) is 2.77. The lowest BCUT2D eigenvalue weighted by molar-refractivity contribution is 0.0699. The monoisotopic (exact) mass is 317 g/mol. The highest BCUT2D eigenvalue weighted by Gasteiger charge is 2.28. The van der Waals surface area contributed by atoms with E-state index in [4.69, 9.17) is 10.5 Å². The lowest BCUT2D eigenvalue weighted by Crippen LogP contribution is -2.38. The quantitative estimate of drug-likeness (QED) is 0.861. The van der Waals surface area contributed by atoms with Crippen molar-refractivity contribution in [3.8, 4) is 6.01 Å². The molecule has 1 aliphatic heterocycles. The summed E-state index contributed by atoms with van der Waals surface area (Å²) in [7, 11) is 3.19. The van der Waals surface area contributed by atoms with Crippen molar-refractivity contribution in [3.63, 3.8) is 0 Å². The van der Waals surface area contributed by atoms with Gasteiger partial charge in [0.2, 0.25) is 11.8 Å². The maximum Gasteiger partial charge on any atom is 0.314 e. The first-order chi connectivity index (χ1) is 11.1. The largest absolute Gasteiger partial charge is 0.467 e. The van der Waals surface area contributed by atoms with E-state index in [2.05, 4.69) is 20.1 Å². The van der Waals surface area contributed by atoms with Crippen LogP contribution in [-0.2, 0) is 7.05 Å². The Kier molecular flexibility index (Phi) is 4.09. The van der Waals surface area contributed by atoms with E-state index in [0.29, 0.717) is 19.1 Å². The number of aryl methyl sites for hydroxylation is 1. The van der Waals surface area contributed by atoms with Crippen LogP contribution in [0, 0.1) is 0 Å². The van der Waals surface area contributed by atoms with Crippen molar-refractivity contribution < 1.29 is 9.53 Å². The van der Waals surface area contributed by atoms with Gasteiger partial charge in [0, 0.05) is 37.9 Å². The van der Waals surface area contributed by atoms with Gasteiger partial charge in [-0.25, -0.2) is 14.6 Å². The van der Waals surface area contributed by atoms with Crippen LogP contribution >= 0.6 is 0 Å². The molecule has 9 heteroatoms. The number of piperidine rings is 1. The van der Waals surface area contributed by atoms with Crippen molar-refractivity contribution in [1.29, 1.82) is 0 Å². The summed E-state index contributed by atoms with van der Waals surface area (Å²) in [6, 6.07) is 2.20. The molecule has 0 bridgehead atoms. The molecule has 0 aliphatic carbocycles. The highest BCUT2D eigenvalue weighted by Crippen LogP contribution is 2.27. The van der Waals surface area contributed by atoms with Gasteiger partial charge in [-0.2, -0.15) is 4.98 Å². The summed E-state index contributed by atoms with van der Waals surface area (Å²) in [5, 5.41) is 4.10. The predicted octanol–water partition coefficient (Wildman–Crippen LogP) is 0.216. The van der Waals surface area contributed by atoms with E-state index in [9.17, 15) is 4.79 Å². The third kappa shape index (κ3) is 3.08. The van der Waals surface area contributed by atoms with Crippen molar-refractivity contribution in [1.82, 2.24) is 29.6 Å². The Balaban J connectivity index is 1.65.